The van der Waals surface area contributed by atoms with E-state index in [2.05, 4.69) is 39.8 Å². The van der Waals surface area contributed by atoms with Crippen molar-refractivity contribution in [3.63, 3.8) is 0 Å². The number of nitrogens with zero attached hydrogens (tertiary/aromatic N) is 1. The number of rotatable bonds is 6. The molecule has 0 radical (unpaired) electrons. The van der Waals surface area contributed by atoms with Crippen LogP contribution < -0.4 is 10.6 Å². The van der Waals surface area contributed by atoms with Gasteiger partial charge in [0.1, 0.15) is 0 Å². The number of allylic oxidation sites excluding steroid dienone is 2. The lowest BCUT2D eigenvalue weighted by molar-refractivity contribution is 0.0953. The van der Waals surface area contributed by atoms with Crippen LogP contribution in [-0.2, 0) is 4.74 Å². The Bertz CT molecular complexity index is 1020. The van der Waals surface area contributed by atoms with Crippen molar-refractivity contribution in [3.05, 3.63) is 84.0 Å². The van der Waals surface area contributed by atoms with Crippen molar-refractivity contribution in [2.45, 2.75) is 32.2 Å². The number of para-hydroxylation sites is 2. The number of likely N-dealkylation sites (tertiary alicyclic amines) is 1. The van der Waals surface area contributed by atoms with Gasteiger partial charge in [0, 0.05) is 11.6 Å². The molecule has 1 fully saturated rings. The highest BCUT2D eigenvalue weighted by Crippen LogP contribution is 2.24. The Morgan fingerprint density at radius 2 is 1.67 bits per heavy atom. The number of hydrogen-bond donors (Lipinski definition) is 2. The van der Waals surface area contributed by atoms with Gasteiger partial charge in [-0.25, -0.2) is 4.79 Å². The third-order valence-corrected chi connectivity index (χ3v) is 6.25. The standard InChI is InChI=1S/C27H31N3O3/c1-20-11-13-22(14-12-20)26(31)28-24-9-5-6-10-25(24)29-27(32)33-19-21-15-17-30(18-16-21)23-7-3-2-4-8-23/h2-7,9-14,21,23H,8,15-19H2,1H3,(H,28,31)(H,29,32). The van der Waals surface area contributed by atoms with Gasteiger partial charge in [0.15, 0.2) is 0 Å². The molecule has 33 heavy (non-hydrogen) atoms. The molecular weight excluding hydrogens is 414 g/mol. The molecule has 0 bridgehead atoms. The molecule has 6 nitrogen and oxygen atoms in total. The van der Waals surface area contributed by atoms with E-state index in [9.17, 15) is 9.59 Å². The van der Waals surface area contributed by atoms with Crippen LogP contribution in [0.4, 0.5) is 16.2 Å². The second-order valence-electron chi connectivity index (χ2n) is 8.68. The average molecular weight is 446 g/mol. The van der Waals surface area contributed by atoms with Crippen molar-refractivity contribution in [2.75, 3.05) is 30.3 Å². The normalized spacial score (nSPS) is 18.6. The molecule has 4 rings (SSSR count). The molecule has 1 unspecified atom stereocenters. The maximum Gasteiger partial charge on any atom is 0.411 e. The van der Waals surface area contributed by atoms with Gasteiger partial charge in [-0.3, -0.25) is 15.0 Å². The number of benzene rings is 2. The molecule has 2 aromatic carbocycles. The highest BCUT2D eigenvalue weighted by molar-refractivity contribution is 6.06. The summed E-state index contributed by atoms with van der Waals surface area (Å²) in [7, 11) is 0. The van der Waals surface area contributed by atoms with E-state index in [1.807, 2.05) is 31.2 Å². The van der Waals surface area contributed by atoms with Gasteiger partial charge in [-0.2, -0.15) is 0 Å². The maximum absolute atomic E-state index is 12.6. The Morgan fingerprint density at radius 3 is 2.33 bits per heavy atom. The van der Waals surface area contributed by atoms with Crippen molar-refractivity contribution in [1.29, 1.82) is 0 Å². The summed E-state index contributed by atoms with van der Waals surface area (Å²) in [5.41, 5.74) is 2.69. The summed E-state index contributed by atoms with van der Waals surface area (Å²) in [6, 6.07) is 15.0. The Labute approximate surface area is 195 Å². The third-order valence-electron chi connectivity index (χ3n) is 6.25. The van der Waals surface area contributed by atoms with E-state index in [1.54, 1.807) is 24.3 Å². The highest BCUT2D eigenvalue weighted by atomic mass is 16.5. The molecule has 2 amide bonds. The molecule has 0 aromatic heterocycles. The van der Waals surface area contributed by atoms with Crippen LogP contribution >= 0.6 is 0 Å². The first kappa shape index (κ1) is 22.8. The molecule has 2 aromatic rings. The molecule has 6 heteroatoms. The van der Waals surface area contributed by atoms with E-state index >= 15 is 0 Å². The highest BCUT2D eigenvalue weighted by Gasteiger charge is 2.24. The molecule has 1 aliphatic heterocycles. The first-order chi connectivity index (χ1) is 16.1. The van der Waals surface area contributed by atoms with Gasteiger partial charge >= 0.3 is 6.09 Å². The molecular formula is C27H31N3O3. The lowest BCUT2D eigenvalue weighted by atomic mass is 9.95. The fourth-order valence-corrected chi connectivity index (χ4v) is 4.23. The lowest BCUT2D eigenvalue weighted by Crippen LogP contribution is -2.41. The number of carbonyl (C=O) groups is 2. The fourth-order valence-electron chi connectivity index (χ4n) is 4.23. The largest absolute Gasteiger partial charge is 0.449 e. The van der Waals surface area contributed by atoms with Gasteiger partial charge in [-0.1, -0.05) is 54.1 Å². The van der Waals surface area contributed by atoms with E-state index < -0.39 is 6.09 Å². The Kier molecular flexibility index (Phi) is 7.58. The number of anilines is 2. The van der Waals surface area contributed by atoms with Crippen LogP contribution in [0.1, 0.15) is 35.2 Å². The smallest absolute Gasteiger partial charge is 0.411 e. The lowest BCUT2D eigenvalue weighted by Gasteiger charge is -2.36. The summed E-state index contributed by atoms with van der Waals surface area (Å²) in [4.78, 5) is 27.5. The summed E-state index contributed by atoms with van der Waals surface area (Å²) in [6.07, 6.45) is 11.3. The van der Waals surface area contributed by atoms with Gasteiger partial charge in [-0.05, 0) is 69.5 Å². The first-order valence-electron chi connectivity index (χ1n) is 11.6. The van der Waals surface area contributed by atoms with Crippen molar-refractivity contribution in [2.24, 2.45) is 5.92 Å². The molecule has 2 N–H and O–H groups in total. The summed E-state index contributed by atoms with van der Waals surface area (Å²) >= 11 is 0. The zero-order valence-electron chi connectivity index (χ0n) is 19.0. The monoisotopic (exact) mass is 445 g/mol. The summed E-state index contributed by atoms with van der Waals surface area (Å²) < 4.78 is 5.52. The number of piperidine rings is 1. The minimum absolute atomic E-state index is 0.229. The molecule has 0 saturated carbocycles. The molecule has 0 spiro atoms. The van der Waals surface area contributed by atoms with Crippen molar-refractivity contribution in [1.82, 2.24) is 4.90 Å². The zero-order valence-corrected chi connectivity index (χ0v) is 19.0. The van der Waals surface area contributed by atoms with Crippen LogP contribution in [0.5, 0.6) is 0 Å². The number of hydrogen-bond acceptors (Lipinski definition) is 4. The maximum atomic E-state index is 12.6. The summed E-state index contributed by atoms with van der Waals surface area (Å²) in [5, 5.41) is 5.64. The minimum Gasteiger partial charge on any atom is -0.449 e. The van der Waals surface area contributed by atoms with Crippen LogP contribution in [0.25, 0.3) is 0 Å². The Hall–Kier alpha value is -3.38. The fraction of sp³-hybridized carbons (Fsp3) is 0.333. The van der Waals surface area contributed by atoms with Gasteiger partial charge < -0.3 is 10.1 Å². The Morgan fingerprint density at radius 1 is 0.970 bits per heavy atom. The van der Waals surface area contributed by atoms with E-state index in [4.69, 9.17) is 4.74 Å². The van der Waals surface area contributed by atoms with Gasteiger partial charge in [-0.15, -0.1) is 0 Å². The zero-order chi connectivity index (χ0) is 23.0. The van der Waals surface area contributed by atoms with E-state index in [1.165, 1.54) is 0 Å². The van der Waals surface area contributed by atoms with Crippen LogP contribution in [0.15, 0.2) is 72.8 Å². The van der Waals surface area contributed by atoms with E-state index in [0.29, 0.717) is 35.5 Å². The van der Waals surface area contributed by atoms with Gasteiger partial charge in [0.05, 0.1) is 18.0 Å². The van der Waals surface area contributed by atoms with Crippen LogP contribution in [0.2, 0.25) is 0 Å². The van der Waals surface area contributed by atoms with Gasteiger partial charge in [0.2, 0.25) is 0 Å². The first-order valence-corrected chi connectivity index (χ1v) is 11.6. The molecule has 1 heterocycles. The molecule has 172 valence electrons. The predicted octanol–water partition coefficient (Wildman–Crippen LogP) is 5.39. The van der Waals surface area contributed by atoms with E-state index in [-0.39, 0.29) is 5.91 Å². The van der Waals surface area contributed by atoms with Crippen molar-refractivity contribution >= 4 is 23.4 Å². The average Bonchev–Trinajstić information content (AvgIpc) is 2.85. The molecule has 2 aliphatic rings. The quantitative estimate of drug-likeness (QED) is 0.625. The molecule has 1 saturated heterocycles. The number of amides is 2. The number of nitrogens with one attached hydrogen (secondary N) is 2. The molecule has 1 atom stereocenters. The second kappa shape index (κ2) is 11.0. The van der Waals surface area contributed by atoms with Crippen molar-refractivity contribution < 1.29 is 14.3 Å². The SMILES string of the molecule is Cc1ccc(C(=O)Nc2ccccc2NC(=O)OCC2CCN(C3C=CC=CC3)CC2)cc1. The van der Waals surface area contributed by atoms with Crippen LogP contribution in [0.3, 0.4) is 0 Å². The summed E-state index contributed by atoms with van der Waals surface area (Å²) in [6.45, 7) is 4.41. The third kappa shape index (κ3) is 6.33. The second-order valence-corrected chi connectivity index (χ2v) is 8.68. The van der Waals surface area contributed by atoms with Crippen LogP contribution in [0, 0.1) is 12.8 Å². The number of ether oxygens (including phenoxy) is 1. The number of carbonyl (C=O) groups excluding carboxylic acids is 2. The van der Waals surface area contributed by atoms with Crippen molar-refractivity contribution in [3.8, 4) is 0 Å². The van der Waals surface area contributed by atoms with E-state index in [0.717, 1.165) is 37.9 Å². The van der Waals surface area contributed by atoms with Gasteiger partial charge in [0.25, 0.3) is 5.91 Å². The minimum atomic E-state index is -0.505. The summed E-state index contributed by atoms with van der Waals surface area (Å²) in [5.74, 6) is 0.138. The predicted molar refractivity (Wildman–Crippen MR) is 132 cm³/mol. The number of aryl methyl sites for hydroxylation is 1. The Balaban J connectivity index is 1.25. The van der Waals surface area contributed by atoms with Crippen LogP contribution in [-0.4, -0.2) is 42.6 Å². The molecule has 1 aliphatic carbocycles. The topological polar surface area (TPSA) is 70.7 Å².